The summed E-state index contributed by atoms with van der Waals surface area (Å²) in [6, 6.07) is 11.8. The highest BCUT2D eigenvalue weighted by Gasteiger charge is 2.21. The Morgan fingerprint density at radius 2 is 1.77 bits per heavy atom. The second kappa shape index (κ2) is 5.37. The van der Waals surface area contributed by atoms with E-state index in [1.54, 1.807) is 42.5 Å². The lowest BCUT2D eigenvalue weighted by atomic mass is 10.2. The van der Waals surface area contributed by atoms with Crippen LogP contribution in [-0.4, -0.2) is 18.7 Å². The molecule has 0 aliphatic heterocycles. The minimum atomic E-state index is -3.75. The number of benzene rings is 2. The molecule has 0 amide bonds. The van der Waals surface area contributed by atoms with E-state index in [9.17, 15) is 13.2 Å². The van der Waals surface area contributed by atoms with Gasteiger partial charge >= 0.3 is 0 Å². The van der Waals surface area contributed by atoms with Crippen molar-refractivity contribution in [3.8, 4) is 0 Å². The van der Waals surface area contributed by atoms with E-state index in [0.29, 0.717) is 27.2 Å². The number of nitrogens with zero attached hydrogens (tertiary/aromatic N) is 1. The molecule has 4 nitrogen and oxygen atoms in total. The van der Waals surface area contributed by atoms with Gasteiger partial charge < -0.3 is 0 Å². The second-order valence-electron chi connectivity index (χ2n) is 4.95. The van der Waals surface area contributed by atoms with Crippen LogP contribution in [0.4, 0.5) is 0 Å². The molecule has 6 heteroatoms. The van der Waals surface area contributed by atoms with E-state index >= 15 is 0 Å². The molecule has 3 rings (SSSR count). The van der Waals surface area contributed by atoms with Crippen LogP contribution in [-0.2, 0) is 10.0 Å². The monoisotopic (exact) mass is 377 g/mol. The first-order valence-corrected chi connectivity index (χ1v) is 8.75. The molecule has 0 radical (unpaired) electrons. The average Bonchev–Trinajstić information content (AvgIpc) is 2.88. The fourth-order valence-corrected chi connectivity index (χ4v) is 4.31. The zero-order valence-electron chi connectivity index (χ0n) is 11.7. The molecule has 0 fully saturated rings. The van der Waals surface area contributed by atoms with Crippen molar-refractivity contribution >= 4 is 43.1 Å². The normalized spacial score (nSPS) is 11.7. The van der Waals surface area contributed by atoms with Crippen molar-refractivity contribution in [2.45, 2.75) is 11.8 Å². The Hall–Kier alpha value is -1.92. The average molecular weight is 378 g/mol. The third kappa shape index (κ3) is 2.28. The molecule has 0 aliphatic rings. The van der Waals surface area contributed by atoms with E-state index in [-0.39, 0.29) is 4.90 Å². The summed E-state index contributed by atoms with van der Waals surface area (Å²) < 4.78 is 27.5. The highest BCUT2D eigenvalue weighted by molar-refractivity contribution is 9.10. The van der Waals surface area contributed by atoms with Crippen LogP contribution in [0.3, 0.4) is 0 Å². The zero-order valence-corrected chi connectivity index (χ0v) is 14.1. The van der Waals surface area contributed by atoms with Gasteiger partial charge in [0, 0.05) is 21.6 Å². The van der Waals surface area contributed by atoms with Gasteiger partial charge in [0.2, 0.25) is 0 Å². The first-order valence-electron chi connectivity index (χ1n) is 6.52. The van der Waals surface area contributed by atoms with Gasteiger partial charge in [-0.1, -0.05) is 39.7 Å². The lowest BCUT2D eigenvalue weighted by Crippen LogP contribution is -2.11. The number of hydrogen-bond acceptors (Lipinski definition) is 3. The van der Waals surface area contributed by atoms with Crippen LogP contribution in [0.5, 0.6) is 0 Å². The molecule has 3 aromatic rings. The van der Waals surface area contributed by atoms with Gasteiger partial charge in [0.15, 0.2) is 6.29 Å². The predicted molar refractivity (Wildman–Crippen MR) is 88.8 cm³/mol. The lowest BCUT2D eigenvalue weighted by Gasteiger charge is -2.08. The number of hydrogen-bond donors (Lipinski definition) is 0. The first-order chi connectivity index (χ1) is 10.4. The Bertz CT molecular complexity index is 973. The molecule has 2 aromatic carbocycles. The van der Waals surface area contributed by atoms with Gasteiger partial charge in [0.25, 0.3) is 10.0 Å². The summed E-state index contributed by atoms with van der Waals surface area (Å²) >= 11 is 3.37. The Balaban J connectivity index is 2.32. The van der Waals surface area contributed by atoms with E-state index in [1.165, 1.54) is 6.20 Å². The van der Waals surface area contributed by atoms with Gasteiger partial charge in [0.1, 0.15) is 0 Å². The molecule has 0 spiro atoms. The van der Waals surface area contributed by atoms with Crippen molar-refractivity contribution in [1.82, 2.24) is 3.97 Å². The van der Waals surface area contributed by atoms with Crippen LogP contribution >= 0.6 is 15.9 Å². The van der Waals surface area contributed by atoms with E-state index in [0.717, 1.165) is 9.54 Å². The summed E-state index contributed by atoms with van der Waals surface area (Å²) in [4.78, 5) is 11.5. The number of carbonyl (C=O) groups excluding carboxylic acids is 1. The minimum absolute atomic E-state index is 0.187. The number of rotatable bonds is 3. The summed E-state index contributed by atoms with van der Waals surface area (Å²) in [5.74, 6) is 0. The van der Waals surface area contributed by atoms with Gasteiger partial charge in [-0.2, -0.15) is 0 Å². The zero-order chi connectivity index (χ0) is 15.9. The molecule has 0 bridgehead atoms. The molecule has 0 saturated carbocycles. The minimum Gasteiger partial charge on any atom is -0.298 e. The van der Waals surface area contributed by atoms with Crippen molar-refractivity contribution in [1.29, 1.82) is 0 Å². The highest BCUT2D eigenvalue weighted by Crippen LogP contribution is 2.30. The van der Waals surface area contributed by atoms with Crippen molar-refractivity contribution in [3.05, 3.63) is 64.3 Å². The summed E-state index contributed by atoms with van der Waals surface area (Å²) in [6.45, 7) is 1.89. The third-order valence-electron chi connectivity index (χ3n) is 3.48. The molecular formula is C16H12BrNO3S. The van der Waals surface area contributed by atoms with Crippen molar-refractivity contribution < 1.29 is 13.2 Å². The van der Waals surface area contributed by atoms with Gasteiger partial charge in [-0.3, -0.25) is 4.79 Å². The quantitative estimate of drug-likeness (QED) is 0.652. The summed E-state index contributed by atoms with van der Waals surface area (Å²) in [5, 5.41) is 0.591. The molecule has 0 atom stereocenters. The van der Waals surface area contributed by atoms with Crippen LogP contribution in [0.25, 0.3) is 10.9 Å². The number of halogens is 1. The third-order valence-corrected chi connectivity index (χ3v) is 5.83. The summed E-state index contributed by atoms with van der Waals surface area (Å²) in [7, 11) is -3.75. The van der Waals surface area contributed by atoms with Crippen LogP contribution in [0.1, 0.15) is 15.9 Å². The van der Waals surface area contributed by atoms with Crippen LogP contribution in [0.15, 0.2) is 58.0 Å². The molecule has 0 aliphatic carbocycles. The van der Waals surface area contributed by atoms with Crippen LogP contribution < -0.4 is 0 Å². The predicted octanol–water partition coefficient (Wildman–Crippen LogP) is 3.76. The molecule has 0 saturated heterocycles. The molecular weight excluding hydrogens is 366 g/mol. The maximum Gasteiger partial charge on any atom is 0.268 e. The summed E-state index contributed by atoms with van der Waals surface area (Å²) in [5.41, 5.74) is 1.78. The molecule has 0 N–H and O–H groups in total. The molecule has 112 valence electrons. The standard InChI is InChI=1S/C16H12BrNO3S/c1-11-5-7-13(8-6-11)22(20,21)18-9-12(10-19)16-14(17)3-2-4-15(16)18/h2-10H,1H3. The van der Waals surface area contributed by atoms with E-state index in [4.69, 9.17) is 0 Å². The highest BCUT2D eigenvalue weighted by atomic mass is 79.9. The fraction of sp³-hybridized carbons (Fsp3) is 0.0625. The molecule has 22 heavy (non-hydrogen) atoms. The van der Waals surface area contributed by atoms with Crippen molar-refractivity contribution in [2.24, 2.45) is 0 Å². The van der Waals surface area contributed by atoms with Crippen LogP contribution in [0.2, 0.25) is 0 Å². The number of fused-ring (bicyclic) bond motifs is 1. The number of aryl methyl sites for hydroxylation is 1. The Labute approximate surface area is 136 Å². The Morgan fingerprint density at radius 3 is 2.41 bits per heavy atom. The smallest absolute Gasteiger partial charge is 0.268 e. The van der Waals surface area contributed by atoms with Crippen molar-refractivity contribution in [3.63, 3.8) is 0 Å². The lowest BCUT2D eigenvalue weighted by molar-refractivity contribution is 0.112. The van der Waals surface area contributed by atoms with Gasteiger partial charge in [-0.25, -0.2) is 12.4 Å². The number of carbonyl (C=O) groups is 1. The van der Waals surface area contributed by atoms with E-state index < -0.39 is 10.0 Å². The van der Waals surface area contributed by atoms with E-state index in [2.05, 4.69) is 15.9 Å². The number of aromatic nitrogens is 1. The fourth-order valence-electron chi connectivity index (χ4n) is 2.35. The number of aldehydes is 1. The van der Waals surface area contributed by atoms with Crippen molar-refractivity contribution in [2.75, 3.05) is 0 Å². The SMILES string of the molecule is Cc1ccc(S(=O)(=O)n2cc(C=O)c3c(Br)cccc32)cc1. The topological polar surface area (TPSA) is 56.1 Å². The molecule has 1 heterocycles. The van der Waals surface area contributed by atoms with Gasteiger partial charge in [-0.15, -0.1) is 0 Å². The largest absolute Gasteiger partial charge is 0.298 e. The van der Waals surface area contributed by atoms with E-state index in [1.807, 2.05) is 6.92 Å². The Morgan fingerprint density at radius 1 is 1.09 bits per heavy atom. The Kier molecular flexibility index (Phi) is 3.66. The second-order valence-corrected chi connectivity index (χ2v) is 7.62. The molecule has 0 unspecified atom stereocenters. The first kappa shape index (κ1) is 15.0. The maximum absolute atomic E-state index is 12.8. The van der Waals surface area contributed by atoms with Gasteiger partial charge in [-0.05, 0) is 31.2 Å². The maximum atomic E-state index is 12.8. The molecule has 1 aromatic heterocycles. The van der Waals surface area contributed by atoms with Crippen LogP contribution in [0, 0.1) is 6.92 Å². The van der Waals surface area contributed by atoms with Gasteiger partial charge in [0.05, 0.1) is 10.4 Å². The summed E-state index contributed by atoms with van der Waals surface area (Å²) in [6.07, 6.45) is 2.02.